The first-order chi connectivity index (χ1) is 7.18. The van der Waals surface area contributed by atoms with E-state index in [1.165, 1.54) is 0 Å². The maximum Gasteiger partial charge on any atom is 0.328 e. The molecule has 1 aromatic rings. The highest BCUT2D eigenvalue weighted by Gasteiger charge is 1.97. The van der Waals surface area contributed by atoms with Crippen molar-refractivity contribution >= 4 is 11.9 Å². The molecule has 0 spiro atoms. The highest BCUT2D eigenvalue weighted by molar-refractivity contribution is 5.93. The average molecular weight is 209 g/mol. The minimum absolute atomic E-state index is 0.420. The van der Waals surface area contributed by atoms with Crippen LogP contribution in [0, 0.1) is 0 Å². The second-order valence-corrected chi connectivity index (χ2v) is 2.79. The molecular formula is C9H11N3O3. The molecule has 0 aliphatic heterocycles. The van der Waals surface area contributed by atoms with Gasteiger partial charge in [0, 0.05) is 37.0 Å². The van der Waals surface area contributed by atoms with E-state index in [9.17, 15) is 9.59 Å². The molecule has 15 heavy (non-hydrogen) atoms. The minimum atomic E-state index is -1.14. The lowest BCUT2D eigenvalue weighted by atomic mass is 10.3. The van der Waals surface area contributed by atoms with Gasteiger partial charge in [-0.05, 0) is 0 Å². The van der Waals surface area contributed by atoms with Crippen molar-refractivity contribution in [3.63, 3.8) is 0 Å². The van der Waals surface area contributed by atoms with Gasteiger partial charge < -0.3 is 15.4 Å². The Bertz CT molecular complexity index is 357. The second-order valence-electron chi connectivity index (χ2n) is 2.79. The summed E-state index contributed by atoms with van der Waals surface area (Å²) in [6.45, 7) is 0.436. The third-order valence-electron chi connectivity index (χ3n) is 1.63. The number of carboxylic acids is 1. The van der Waals surface area contributed by atoms with Crippen molar-refractivity contribution in [2.24, 2.45) is 0 Å². The van der Waals surface area contributed by atoms with E-state index in [-0.39, 0.29) is 0 Å². The quantitative estimate of drug-likeness (QED) is 0.580. The van der Waals surface area contributed by atoms with E-state index in [1.807, 2.05) is 0 Å². The summed E-state index contributed by atoms with van der Waals surface area (Å²) in [5.74, 6) is -1.56. The smallest absolute Gasteiger partial charge is 0.328 e. The molecule has 0 atom stereocenters. The van der Waals surface area contributed by atoms with Crippen molar-refractivity contribution in [2.75, 3.05) is 6.54 Å². The fourth-order valence-corrected chi connectivity index (χ4v) is 0.948. The molecule has 80 valence electrons. The fraction of sp³-hybridized carbons (Fsp3) is 0.222. The van der Waals surface area contributed by atoms with Crippen LogP contribution in [-0.4, -0.2) is 33.5 Å². The predicted molar refractivity (Wildman–Crippen MR) is 52.1 cm³/mol. The number of rotatable bonds is 5. The van der Waals surface area contributed by atoms with E-state index < -0.39 is 11.9 Å². The Morgan fingerprint density at radius 2 is 2.33 bits per heavy atom. The van der Waals surface area contributed by atoms with Crippen molar-refractivity contribution in [3.05, 3.63) is 30.4 Å². The van der Waals surface area contributed by atoms with Crippen LogP contribution in [0.1, 0.15) is 5.69 Å². The number of H-pyrrole nitrogens is 1. The molecule has 1 rings (SSSR count). The average Bonchev–Trinajstić information content (AvgIpc) is 2.67. The number of hydrogen-bond donors (Lipinski definition) is 3. The molecule has 0 saturated carbocycles. The number of aromatic nitrogens is 2. The number of carboxylic acid groups (broad SMARTS) is 1. The van der Waals surface area contributed by atoms with E-state index >= 15 is 0 Å². The molecule has 3 N–H and O–H groups in total. The minimum Gasteiger partial charge on any atom is -0.478 e. The van der Waals surface area contributed by atoms with Crippen LogP contribution < -0.4 is 5.32 Å². The van der Waals surface area contributed by atoms with Gasteiger partial charge in [0.05, 0.1) is 6.33 Å². The molecule has 1 heterocycles. The molecular weight excluding hydrogens is 198 g/mol. The molecule has 1 aromatic heterocycles. The summed E-state index contributed by atoms with van der Waals surface area (Å²) in [5, 5.41) is 10.8. The summed E-state index contributed by atoms with van der Waals surface area (Å²) in [5.41, 5.74) is 0.914. The van der Waals surface area contributed by atoms with Crippen LogP contribution in [0.3, 0.4) is 0 Å². The Hall–Kier alpha value is -2.11. The topological polar surface area (TPSA) is 95.1 Å². The van der Waals surface area contributed by atoms with Gasteiger partial charge in [-0.1, -0.05) is 0 Å². The zero-order valence-electron chi connectivity index (χ0n) is 7.93. The number of aromatic amines is 1. The van der Waals surface area contributed by atoms with Crippen LogP contribution >= 0.6 is 0 Å². The van der Waals surface area contributed by atoms with Crippen LogP contribution in [0.5, 0.6) is 0 Å². The highest BCUT2D eigenvalue weighted by Crippen LogP contribution is 1.90. The second kappa shape index (κ2) is 5.58. The zero-order chi connectivity index (χ0) is 11.1. The first kappa shape index (κ1) is 11.0. The van der Waals surface area contributed by atoms with E-state index in [0.29, 0.717) is 13.0 Å². The molecule has 1 amide bonds. The molecule has 6 nitrogen and oxygen atoms in total. The number of nitrogens with one attached hydrogen (secondary N) is 2. The van der Waals surface area contributed by atoms with Crippen molar-refractivity contribution < 1.29 is 14.7 Å². The Balaban J connectivity index is 2.20. The predicted octanol–water partition coefficient (Wildman–Crippen LogP) is -0.291. The van der Waals surface area contributed by atoms with Gasteiger partial charge in [0.1, 0.15) is 0 Å². The summed E-state index contributed by atoms with van der Waals surface area (Å²) in [6.07, 6.45) is 5.63. The Morgan fingerprint density at radius 3 is 2.93 bits per heavy atom. The number of imidazole rings is 1. The molecule has 0 radical (unpaired) electrons. The van der Waals surface area contributed by atoms with Gasteiger partial charge in [-0.2, -0.15) is 0 Å². The summed E-state index contributed by atoms with van der Waals surface area (Å²) in [4.78, 5) is 27.8. The van der Waals surface area contributed by atoms with Gasteiger partial charge in [0.15, 0.2) is 0 Å². The first-order valence-electron chi connectivity index (χ1n) is 4.34. The lowest BCUT2D eigenvalue weighted by Crippen LogP contribution is -2.23. The largest absolute Gasteiger partial charge is 0.478 e. The first-order valence-corrected chi connectivity index (χ1v) is 4.34. The van der Waals surface area contributed by atoms with Gasteiger partial charge >= 0.3 is 5.97 Å². The lowest BCUT2D eigenvalue weighted by Gasteiger charge is -1.99. The lowest BCUT2D eigenvalue weighted by molar-refractivity contribution is -0.131. The van der Waals surface area contributed by atoms with Gasteiger partial charge in [-0.15, -0.1) is 0 Å². The summed E-state index contributed by atoms with van der Waals surface area (Å²) < 4.78 is 0. The Kier molecular flexibility index (Phi) is 4.08. The zero-order valence-corrected chi connectivity index (χ0v) is 7.93. The number of carbonyl (C=O) groups is 2. The van der Waals surface area contributed by atoms with Gasteiger partial charge in [-0.25, -0.2) is 9.78 Å². The van der Waals surface area contributed by atoms with Crippen LogP contribution in [0.25, 0.3) is 0 Å². The standard InChI is InChI=1S/C9H11N3O3/c13-8(1-2-9(14)15)11-4-3-7-5-10-6-12-7/h1-2,5-6H,3-4H2,(H,10,12)(H,11,13)(H,14,15). The van der Waals surface area contributed by atoms with Crippen molar-refractivity contribution in [1.82, 2.24) is 15.3 Å². The van der Waals surface area contributed by atoms with Gasteiger partial charge in [0.2, 0.25) is 5.91 Å². The molecule has 0 aliphatic carbocycles. The summed E-state index contributed by atoms with van der Waals surface area (Å²) >= 11 is 0. The number of carbonyl (C=O) groups excluding carboxylic acids is 1. The van der Waals surface area contributed by atoms with Crippen LogP contribution in [0.15, 0.2) is 24.7 Å². The fourth-order valence-electron chi connectivity index (χ4n) is 0.948. The van der Waals surface area contributed by atoms with Gasteiger partial charge in [-0.3, -0.25) is 4.79 Å². The van der Waals surface area contributed by atoms with Crippen LogP contribution in [0.2, 0.25) is 0 Å². The van der Waals surface area contributed by atoms with E-state index in [2.05, 4.69) is 15.3 Å². The van der Waals surface area contributed by atoms with Crippen molar-refractivity contribution in [2.45, 2.75) is 6.42 Å². The molecule has 0 bridgehead atoms. The van der Waals surface area contributed by atoms with Crippen LogP contribution in [0.4, 0.5) is 0 Å². The normalized spacial score (nSPS) is 10.4. The molecule has 0 aromatic carbocycles. The molecule has 6 heteroatoms. The Labute approximate surface area is 86.0 Å². The SMILES string of the molecule is O=C(O)C=CC(=O)NCCc1cnc[nH]1. The molecule has 0 aliphatic rings. The monoisotopic (exact) mass is 209 g/mol. The number of nitrogens with zero attached hydrogens (tertiary/aromatic N) is 1. The maximum absolute atomic E-state index is 11.0. The number of amides is 1. The van der Waals surface area contributed by atoms with Gasteiger partial charge in [0.25, 0.3) is 0 Å². The summed E-state index contributed by atoms with van der Waals surface area (Å²) in [6, 6.07) is 0. The highest BCUT2D eigenvalue weighted by atomic mass is 16.4. The van der Waals surface area contributed by atoms with E-state index in [1.54, 1.807) is 12.5 Å². The Morgan fingerprint density at radius 1 is 1.53 bits per heavy atom. The molecule has 0 fully saturated rings. The number of hydrogen-bond acceptors (Lipinski definition) is 3. The van der Waals surface area contributed by atoms with E-state index in [4.69, 9.17) is 5.11 Å². The summed E-state index contributed by atoms with van der Waals surface area (Å²) in [7, 11) is 0. The van der Waals surface area contributed by atoms with Crippen molar-refractivity contribution in [3.8, 4) is 0 Å². The van der Waals surface area contributed by atoms with E-state index in [0.717, 1.165) is 17.8 Å². The third-order valence-corrected chi connectivity index (χ3v) is 1.63. The number of aliphatic carboxylic acids is 1. The molecule has 0 saturated heterocycles. The third kappa shape index (κ3) is 4.61. The maximum atomic E-state index is 11.0. The molecule has 0 unspecified atom stereocenters. The van der Waals surface area contributed by atoms with Crippen molar-refractivity contribution in [1.29, 1.82) is 0 Å². The van der Waals surface area contributed by atoms with Crippen LogP contribution in [-0.2, 0) is 16.0 Å².